The molecule has 136 valence electrons. The molecule has 1 amide bonds. The van der Waals surface area contributed by atoms with Crippen LogP contribution in [0.4, 0.5) is 0 Å². The molecule has 0 saturated carbocycles. The quantitative estimate of drug-likeness (QED) is 0.715. The molecule has 0 radical (unpaired) electrons. The lowest BCUT2D eigenvalue weighted by Gasteiger charge is -2.20. The van der Waals surface area contributed by atoms with Crippen molar-refractivity contribution in [2.45, 2.75) is 37.6 Å². The molecule has 6 nitrogen and oxygen atoms in total. The summed E-state index contributed by atoms with van der Waals surface area (Å²) in [6.45, 7) is 7.46. The summed E-state index contributed by atoms with van der Waals surface area (Å²) < 4.78 is 25.4. The van der Waals surface area contributed by atoms with Crippen molar-refractivity contribution in [3.05, 3.63) is 28.8 Å². The first-order valence-electron chi connectivity index (χ1n) is 7.70. The molecule has 0 aliphatic heterocycles. The fourth-order valence-electron chi connectivity index (χ4n) is 1.90. The van der Waals surface area contributed by atoms with E-state index in [9.17, 15) is 13.2 Å². The second kappa shape index (κ2) is 8.29. The van der Waals surface area contributed by atoms with Crippen LogP contribution in [0.2, 0.25) is 5.02 Å². The summed E-state index contributed by atoms with van der Waals surface area (Å²) in [7, 11) is -0.738. The molecule has 0 aliphatic carbocycles. The zero-order chi connectivity index (χ0) is 18.5. The minimum absolute atomic E-state index is 0.0299. The molecule has 1 aromatic carbocycles. The first-order chi connectivity index (χ1) is 10.9. The number of amides is 1. The zero-order valence-electron chi connectivity index (χ0n) is 14.8. The van der Waals surface area contributed by atoms with Crippen LogP contribution in [0.5, 0.6) is 0 Å². The minimum Gasteiger partial charge on any atom is -0.352 e. The topological polar surface area (TPSA) is 78.5 Å². The van der Waals surface area contributed by atoms with E-state index in [0.717, 1.165) is 17.3 Å². The number of benzene rings is 1. The summed E-state index contributed by atoms with van der Waals surface area (Å²) in [5.74, 6) is -0.383. The van der Waals surface area contributed by atoms with Gasteiger partial charge in [-0.25, -0.2) is 12.7 Å². The van der Waals surface area contributed by atoms with Gasteiger partial charge in [0.2, 0.25) is 10.0 Å². The predicted molar refractivity (Wildman–Crippen MR) is 97.0 cm³/mol. The van der Waals surface area contributed by atoms with Crippen LogP contribution in [-0.2, 0) is 10.0 Å². The van der Waals surface area contributed by atoms with Gasteiger partial charge in [0, 0.05) is 26.2 Å². The zero-order valence-corrected chi connectivity index (χ0v) is 16.4. The first-order valence-corrected chi connectivity index (χ1v) is 9.52. The smallest absolute Gasteiger partial charge is 0.252 e. The maximum atomic E-state index is 12.3. The number of rotatable bonds is 7. The number of hydrogen-bond acceptors (Lipinski definition) is 4. The molecule has 24 heavy (non-hydrogen) atoms. The average molecular weight is 376 g/mol. The van der Waals surface area contributed by atoms with Crippen molar-refractivity contribution in [2.75, 3.05) is 27.2 Å². The van der Waals surface area contributed by atoms with Gasteiger partial charge in [0.05, 0.1) is 15.5 Å². The molecule has 1 aromatic rings. The maximum Gasteiger partial charge on any atom is 0.252 e. The first kappa shape index (κ1) is 20.9. The molecular formula is C16H26ClN3O3S. The van der Waals surface area contributed by atoms with E-state index in [4.69, 9.17) is 11.6 Å². The fourth-order valence-corrected chi connectivity index (χ4v) is 3.03. The van der Waals surface area contributed by atoms with Crippen molar-refractivity contribution in [3.63, 3.8) is 0 Å². The normalized spacial score (nSPS) is 12.5. The standard InChI is InChI=1S/C16H26ClN3O3S/c1-16(2,3)19-10-6-9-18-15(21)13-11-12(7-8-14(13)17)24(22,23)20(4)5/h7-8,11,19H,6,9-10H2,1-5H3,(H,18,21). The van der Waals surface area contributed by atoms with Gasteiger partial charge in [-0.1, -0.05) is 11.6 Å². The number of hydrogen-bond donors (Lipinski definition) is 2. The van der Waals surface area contributed by atoms with Crippen molar-refractivity contribution in [2.24, 2.45) is 0 Å². The van der Waals surface area contributed by atoms with Crippen molar-refractivity contribution in [1.82, 2.24) is 14.9 Å². The number of carbonyl (C=O) groups excluding carboxylic acids is 1. The van der Waals surface area contributed by atoms with Gasteiger partial charge in [-0.15, -0.1) is 0 Å². The van der Waals surface area contributed by atoms with E-state index in [1.54, 1.807) is 0 Å². The Balaban J connectivity index is 2.74. The largest absolute Gasteiger partial charge is 0.352 e. The molecule has 0 aliphatic rings. The van der Waals surface area contributed by atoms with Gasteiger partial charge in [0.1, 0.15) is 0 Å². The van der Waals surface area contributed by atoms with Gasteiger partial charge in [0.25, 0.3) is 5.91 Å². The second-order valence-electron chi connectivity index (χ2n) is 6.72. The summed E-state index contributed by atoms with van der Waals surface area (Å²) in [6.07, 6.45) is 0.760. The Hall–Kier alpha value is -1.15. The van der Waals surface area contributed by atoms with Gasteiger partial charge >= 0.3 is 0 Å². The molecule has 0 bridgehead atoms. The van der Waals surface area contributed by atoms with Crippen LogP contribution < -0.4 is 10.6 Å². The summed E-state index contributed by atoms with van der Waals surface area (Å²) in [4.78, 5) is 12.3. The number of nitrogens with one attached hydrogen (secondary N) is 2. The Morgan fingerprint density at radius 3 is 2.38 bits per heavy atom. The number of sulfonamides is 1. The highest BCUT2D eigenvalue weighted by molar-refractivity contribution is 7.89. The number of nitrogens with zero attached hydrogens (tertiary/aromatic N) is 1. The van der Waals surface area contributed by atoms with E-state index < -0.39 is 10.0 Å². The van der Waals surface area contributed by atoms with Crippen molar-refractivity contribution in [3.8, 4) is 0 Å². The van der Waals surface area contributed by atoms with Crippen LogP contribution in [-0.4, -0.2) is 51.4 Å². The van der Waals surface area contributed by atoms with E-state index in [1.165, 1.54) is 32.3 Å². The highest BCUT2D eigenvalue weighted by atomic mass is 35.5. The summed E-state index contributed by atoms with van der Waals surface area (Å²) >= 11 is 6.04. The Kier molecular flexibility index (Phi) is 7.22. The van der Waals surface area contributed by atoms with Crippen molar-refractivity contribution in [1.29, 1.82) is 0 Å². The third-order valence-electron chi connectivity index (χ3n) is 3.26. The predicted octanol–water partition coefficient (Wildman–Crippen LogP) is 2.10. The maximum absolute atomic E-state index is 12.3. The van der Waals surface area contributed by atoms with Crippen molar-refractivity contribution >= 4 is 27.5 Å². The van der Waals surface area contributed by atoms with E-state index in [-0.39, 0.29) is 26.9 Å². The molecule has 0 atom stereocenters. The van der Waals surface area contributed by atoms with Gasteiger partial charge in [-0.3, -0.25) is 4.79 Å². The lowest BCUT2D eigenvalue weighted by molar-refractivity contribution is 0.0953. The fraction of sp³-hybridized carbons (Fsp3) is 0.562. The molecule has 2 N–H and O–H groups in total. The Bertz CT molecular complexity index is 682. The lowest BCUT2D eigenvalue weighted by atomic mass is 10.1. The van der Waals surface area contributed by atoms with Crippen molar-refractivity contribution < 1.29 is 13.2 Å². The van der Waals surface area contributed by atoms with Crippen LogP contribution in [0.25, 0.3) is 0 Å². The SMILES string of the molecule is CN(C)S(=O)(=O)c1ccc(Cl)c(C(=O)NCCCNC(C)(C)C)c1. The molecular weight excluding hydrogens is 350 g/mol. The summed E-state index contributed by atoms with van der Waals surface area (Å²) in [5, 5.41) is 6.31. The third-order valence-corrected chi connectivity index (χ3v) is 5.40. The highest BCUT2D eigenvalue weighted by Gasteiger charge is 2.20. The van der Waals surface area contributed by atoms with Crippen LogP contribution in [0.1, 0.15) is 37.6 Å². The van der Waals surface area contributed by atoms with Gasteiger partial charge in [-0.2, -0.15) is 0 Å². The Morgan fingerprint density at radius 2 is 1.83 bits per heavy atom. The molecule has 0 spiro atoms. The van der Waals surface area contributed by atoms with Gasteiger partial charge in [0.15, 0.2) is 0 Å². The van der Waals surface area contributed by atoms with Gasteiger partial charge in [-0.05, 0) is 51.9 Å². The minimum atomic E-state index is -3.61. The average Bonchev–Trinajstić information content (AvgIpc) is 2.45. The van der Waals surface area contributed by atoms with Gasteiger partial charge < -0.3 is 10.6 Å². The Morgan fingerprint density at radius 1 is 1.21 bits per heavy atom. The third kappa shape index (κ3) is 6.05. The van der Waals surface area contributed by atoms with Crippen LogP contribution in [0, 0.1) is 0 Å². The molecule has 0 heterocycles. The van der Waals surface area contributed by atoms with Crippen LogP contribution in [0.15, 0.2) is 23.1 Å². The lowest BCUT2D eigenvalue weighted by Crippen LogP contribution is -2.37. The monoisotopic (exact) mass is 375 g/mol. The van der Waals surface area contributed by atoms with E-state index >= 15 is 0 Å². The Labute approximate surface area is 149 Å². The number of halogens is 1. The van der Waals surface area contributed by atoms with Crippen LogP contribution in [0.3, 0.4) is 0 Å². The highest BCUT2D eigenvalue weighted by Crippen LogP contribution is 2.22. The van der Waals surface area contributed by atoms with E-state index in [2.05, 4.69) is 31.4 Å². The molecule has 0 fully saturated rings. The number of carbonyl (C=O) groups is 1. The molecule has 8 heteroatoms. The van der Waals surface area contributed by atoms with Crippen LogP contribution >= 0.6 is 11.6 Å². The summed E-state index contributed by atoms with van der Waals surface area (Å²) in [6, 6.07) is 4.12. The van der Waals surface area contributed by atoms with E-state index in [0.29, 0.717) is 6.54 Å². The van der Waals surface area contributed by atoms with E-state index in [1.807, 2.05) is 0 Å². The summed E-state index contributed by atoms with van der Waals surface area (Å²) in [5.41, 5.74) is 0.186. The molecule has 0 aromatic heterocycles. The molecule has 1 rings (SSSR count). The molecule has 0 unspecified atom stereocenters. The second-order valence-corrected chi connectivity index (χ2v) is 9.27. The molecule has 0 saturated heterocycles.